The fourth-order valence-electron chi connectivity index (χ4n) is 3.28. The summed E-state index contributed by atoms with van der Waals surface area (Å²) in [5.41, 5.74) is 0.347. The van der Waals surface area contributed by atoms with Gasteiger partial charge >= 0.3 is 0 Å². The summed E-state index contributed by atoms with van der Waals surface area (Å²) >= 11 is 0. The number of hydrogen-bond acceptors (Lipinski definition) is 4. The highest BCUT2D eigenvalue weighted by molar-refractivity contribution is 5.85. The first-order chi connectivity index (χ1) is 9.68. The third-order valence-corrected chi connectivity index (χ3v) is 4.79. The maximum atomic E-state index is 12.2. The van der Waals surface area contributed by atoms with Gasteiger partial charge in [0.2, 0.25) is 5.91 Å². The molecule has 1 amide bonds. The van der Waals surface area contributed by atoms with Crippen molar-refractivity contribution in [2.75, 3.05) is 53.5 Å². The predicted molar refractivity (Wildman–Crippen MR) is 94.1 cm³/mol. The van der Waals surface area contributed by atoms with Gasteiger partial charge in [-0.3, -0.25) is 4.79 Å². The van der Waals surface area contributed by atoms with Gasteiger partial charge in [0.1, 0.15) is 0 Å². The predicted octanol–water partition coefficient (Wildman–Crippen LogP) is 1.30. The molecule has 22 heavy (non-hydrogen) atoms. The number of carbonyl (C=O) groups is 1. The molecule has 1 heterocycles. The standard InChI is InChI=1S/C15H29N3O2.2ClH/c1-18(9-3-11-20-2)10-8-17-14(19)13-12-15(13)4-6-16-7-5-15;;/h13,16H,3-12H2,1-2H3,(H,17,19);2*1H. The van der Waals surface area contributed by atoms with E-state index < -0.39 is 0 Å². The molecule has 1 saturated heterocycles. The van der Waals surface area contributed by atoms with Crippen molar-refractivity contribution in [1.82, 2.24) is 15.5 Å². The molecule has 1 atom stereocenters. The second-order valence-corrected chi connectivity index (χ2v) is 6.31. The Hall–Kier alpha value is -0.0700. The highest BCUT2D eigenvalue weighted by Crippen LogP contribution is 2.58. The van der Waals surface area contributed by atoms with Crippen LogP contribution in [-0.2, 0) is 9.53 Å². The van der Waals surface area contributed by atoms with E-state index in [-0.39, 0.29) is 36.6 Å². The normalized spacial score (nSPS) is 21.9. The van der Waals surface area contributed by atoms with E-state index in [0.29, 0.717) is 5.41 Å². The van der Waals surface area contributed by atoms with Gasteiger partial charge in [-0.05, 0) is 51.2 Å². The van der Waals surface area contributed by atoms with Gasteiger partial charge in [0.25, 0.3) is 0 Å². The van der Waals surface area contributed by atoms with Crippen molar-refractivity contribution < 1.29 is 9.53 Å². The van der Waals surface area contributed by atoms with Crippen molar-refractivity contribution >= 4 is 30.7 Å². The van der Waals surface area contributed by atoms with E-state index in [0.717, 1.165) is 52.2 Å². The molecule has 7 heteroatoms. The Labute approximate surface area is 146 Å². The molecule has 0 radical (unpaired) electrons. The monoisotopic (exact) mass is 355 g/mol. The summed E-state index contributed by atoms with van der Waals surface area (Å²) in [5.74, 6) is 0.556. The van der Waals surface area contributed by atoms with Crippen LogP contribution in [0.1, 0.15) is 25.7 Å². The number of nitrogens with one attached hydrogen (secondary N) is 2. The van der Waals surface area contributed by atoms with Crippen LogP contribution in [0.3, 0.4) is 0 Å². The van der Waals surface area contributed by atoms with E-state index >= 15 is 0 Å². The lowest BCUT2D eigenvalue weighted by atomic mass is 9.92. The van der Waals surface area contributed by atoms with Crippen molar-refractivity contribution in [2.45, 2.75) is 25.7 Å². The Balaban J connectivity index is 0.00000220. The van der Waals surface area contributed by atoms with Crippen molar-refractivity contribution in [2.24, 2.45) is 11.3 Å². The number of hydrogen-bond donors (Lipinski definition) is 2. The van der Waals surface area contributed by atoms with Gasteiger partial charge in [0, 0.05) is 39.3 Å². The van der Waals surface area contributed by atoms with Gasteiger partial charge in [-0.25, -0.2) is 0 Å². The first-order valence-corrected chi connectivity index (χ1v) is 7.84. The Bertz CT molecular complexity index is 326. The molecule has 1 aliphatic carbocycles. The third kappa shape index (κ3) is 6.20. The maximum absolute atomic E-state index is 12.2. The number of carbonyl (C=O) groups excluding carboxylic acids is 1. The zero-order valence-electron chi connectivity index (χ0n) is 13.7. The minimum atomic E-state index is 0. The molecule has 1 aliphatic heterocycles. The quantitative estimate of drug-likeness (QED) is 0.644. The second-order valence-electron chi connectivity index (χ2n) is 6.31. The SMILES string of the molecule is COCCCN(C)CCNC(=O)C1CC12CCNCC2.Cl.Cl. The molecule has 0 aromatic heterocycles. The summed E-state index contributed by atoms with van der Waals surface area (Å²) in [4.78, 5) is 14.4. The number of ether oxygens (including phenoxy) is 1. The van der Waals surface area contributed by atoms with Crippen LogP contribution < -0.4 is 10.6 Å². The molecule has 0 aromatic carbocycles. The highest BCUT2D eigenvalue weighted by Gasteiger charge is 2.57. The van der Waals surface area contributed by atoms with E-state index in [1.54, 1.807) is 7.11 Å². The zero-order chi connectivity index (χ0) is 14.4. The van der Waals surface area contributed by atoms with Gasteiger partial charge in [-0.15, -0.1) is 24.8 Å². The molecule has 132 valence electrons. The van der Waals surface area contributed by atoms with Crippen LogP contribution in [0.25, 0.3) is 0 Å². The Morgan fingerprint density at radius 2 is 2.00 bits per heavy atom. The van der Waals surface area contributed by atoms with Crippen LogP contribution in [0.15, 0.2) is 0 Å². The van der Waals surface area contributed by atoms with Crippen LogP contribution >= 0.6 is 24.8 Å². The lowest BCUT2D eigenvalue weighted by molar-refractivity contribution is -0.123. The van der Waals surface area contributed by atoms with E-state index in [1.807, 2.05) is 0 Å². The lowest BCUT2D eigenvalue weighted by Gasteiger charge is -2.23. The zero-order valence-corrected chi connectivity index (χ0v) is 15.4. The van der Waals surface area contributed by atoms with Gasteiger partial charge < -0.3 is 20.3 Å². The summed E-state index contributed by atoms with van der Waals surface area (Å²) in [6.45, 7) is 5.64. The van der Waals surface area contributed by atoms with Crippen molar-refractivity contribution in [1.29, 1.82) is 0 Å². The fraction of sp³-hybridized carbons (Fsp3) is 0.933. The van der Waals surface area contributed by atoms with Crippen LogP contribution in [0.4, 0.5) is 0 Å². The summed E-state index contributed by atoms with van der Waals surface area (Å²) < 4.78 is 5.04. The van der Waals surface area contributed by atoms with Gasteiger partial charge in [0.05, 0.1) is 0 Å². The van der Waals surface area contributed by atoms with Crippen LogP contribution in [0.2, 0.25) is 0 Å². The van der Waals surface area contributed by atoms with Crippen molar-refractivity contribution in [3.05, 3.63) is 0 Å². The molecule has 1 saturated carbocycles. The summed E-state index contributed by atoms with van der Waals surface area (Å²) in [7, 11) is 3.82. The lowest BCUT2D eigenvalue weighted by Crippen LogP contribution is -2.37. The van der Waals surface area contributed by atoms with Gasteiger partial charge in [-0.2, -0.15) is 0 Å². The van der Waals surface area contributed by atoms with Crippen LogP contribution in [-0.4, -0.2) is 64.3 Å². The fourth-order valence-corrected chi connectivity index (χ4v) is 3.28. The van der Waals surface area contributed by atoms with Crippen molar-refractivity contribution in [3.8, 4) is 0 Å². The summed E-state index contributed by atoms with van der Waals surface area (Å²) in [6.07, 6.45) is 4.48. The largest absolute Gasteiger partial charge is 0.385 e. The minimum absolute atomic E-state index is 0. The molecule has 0 bridgehead atoms. The van der Waals surface area contributed by atoms with E-state index in [4.69, 9.17) is 4.74 Å². The molecule has 2 aliphatic rings. The average Bonchev–Trinajstić information content (AvgIpc) is 3.13. The third-order valence-electron chi connectivity index (χ3n) is 4.79. The summed E-state index contributed by atoms with van der Waals surface area (Å²) in [6, 6.07) is 0. The van der Waals surface area contributed by atoms with Gasteiger partial charge in [-0.1, -0.05) is 0 Å². The molecule has 1 unspecified atom stereocenters. The summed E-state index contributed by atoms with van der Waals surface area (Å²) in [5, 5.41) is 6.48. The number of methoxy groups -OCH3 is 1. The topological polar surface area (TPSA) is 53.6 Å². The average molecular weight is 356 g/mol. The van der Waals surface area contributed by atoms with E-state index in [2.05, 4.69) is 22.6 Å². The molecule has 2 N–H and O–H groups in total. The van der Waals surface area contributed by atoms with Crippen molar-refractivity contribution in [3.63, 3.8) is 0 Å². The number of nitrogens with zero attached hydrogens (tertiary/aromatic N) is 1. The van der Waals surface area contributed by atoms with E-state index in [9.17, 15) is 4.79 Å². The maximum Gasteiger partial charge on any atom is 0.223 e. The Morgan fingerprint density at radius 3 is 2.64 bits per heavy atom. The number of halogens is 2. The van der Waals surface area contributed by atoms with Crippen LogP contribution in [0, 0.1) is 11.3 Å². The number of piperidine rings is 1. The Morgan fingerprint density at radius 1 is 1.32 bits per heavy atom. The molecule has 0 aromatic rings. The molecule has 2 fully saturated rings. The highest BCUT2D eigenvalue weighted by atomic mass is 35.5. The molecular weight excluding hydrogens is 325 g/mol. The van der Waals surface area contributed by atoms with Gasteiger partial charge in [0.15, 0.2) is 0 Å². The first-order valence-electron chi connectivity index (χ1n) is 7.84. The smallest absolute Gasteiger partial charge is 0.223 e. The number of rotatable bonds is 8. The molecular formula is C15H31Cl2N3O2. The molecule has 1 spiro atoms. The molecule has 5 nitrogen and oxygen atoms in total. The Kier molecular flexibility index (Phi) is 10.6. The number of likely N-dealkylation sites (N-methyl/N-ethyl adjacent to an activating group) is 1. The second kappa shape index (κ2) is 10.7. The molecule has 2 rings (SSSR count). The first kappa shape index (κ1) is 21.9. The number of amides is 1. The minimum Gasteiger partial charge on any atom is -0.385 e. The van der Waals surface area contributed by atoms with E-state index in [1.165, 1.54) is 12.8 Å². The van der Waals surface area contributed by atoms with Crippen LogP contribution in [0.5, 0.6) is 0 Å².